The number of halogens is 1. The molecule has 0 saturated heterocycles. The lowest BCUT2D eigenvalue weighted by Crippen LogP contribution is -2.28. The van der Waals surface area contributed by atoms with Crippen molar-refractivity contribution in [1.29, 1.82) is 0 Å². The van der Waals surface area contributed by atoms with Gasteiger partial charge in [0, 0.05) is 23.1 Å². The number of carbonyl (C=O) groups is 2. The number of fused-ring (bicyclic) bond motifs is 1. The molecule has 1 N–H and O–H groups in total. The summed E-state index contributed by atoms with van der Waals surface area (Å²) in [5.41, 5.74) is 0.856. The third kappa shape index (κ3) is 5.04. The van der Waals surface area contributed by atoms with Crippen LogP contribution in [0.15, 0.2) is 34.8 Å². The maximum atomic E-state index is 12.2. The van der Waals surface area contributed by atoms with Crippen molar-refractivity contribution >= 4 is 71.3 Å². The van der Waals surface area contributed by atoms with E-state index in [9.17, 15) is 18.0 Å². The number of benzene rings is 1. The van der Waals surface area contributed by atoms with Gasteiger partial charge in [-0.3, -0.25) is 9.59 Å². The molecular formula is C16H15ClN4O4S3. The molecule has 148 valence electrons. The Hall–Kier alpha value is -2.08. The van der Waals surface area contributed by atoms with Crippen molar-refractivity contribution in [3.8, 4) is 0 Å². The van der Waals surface area contributed by atoms with E-state index in [1.807, 2.05) is 13.0 Å². The zero-order chi connectivity index (χ0) is 20.3. The summed E-state index contributed by atoms with van der Waals surface area (Å²) in [5.74, 6) is -3.24. The fraction of sp³-hybridized carbons (Fsp3) is 0.250. The smallest absolute Gasteiger partial charge is 0.263 e. The van der Waals surface area contributed by atoms with Gasteiger partial charge in [0.1, 0.15) is 11.5 Å². The number of hydrogen-bond acceptors (Lipinski definition) is 7. The second-order valence-corrected chi connectivity index (χ2v) is 10.1. The Morgan fingerprint density at radius 3 is 2.79 bits per heavy atom. The Kier molecular flexibility index (Phi) is 6.28. The predicted octanol–water partition coefficient (Wildman–Crippen LogP) is 2.31. The Bertz CT molecular complexity index is 1200. The van der Waals surface area contributed by atoms with Gasteiger partial charge in [0.05, 0.1) is 10.2 Å². The van der Waals surface area contributed by atoms with Crippen LogP contribution in [0.4, 0.5) is 5.13 Å². The van der Waals surface area contributed by atoms with Crippen LogP contribution in [0, 0.1) is 0 Å². The van der Waals surface area contributed by atoms with Gasteiger partial charge in [0.2, 0.25) is 5.91 Å². The van der Waals surface area contributed by atoms with Crippen molar-refractivity contribution in [2.45, 2.75) is 13.5 Å². The summed E-state index contributed by atoms with van der Waals surface area (Å²) < 4.78 is 27.0. The molecule has 3 rings (SSSR count). The third-order valence-electron chi connectivity index (χ3n) is 3.55. The number of nitrogens with one attached hydrogen (secondary N) is 1. The molecule has 0 radical (unpaired) electrons. The second-order valence-electron chi connectivity index (χ2n) is 5.66. The molecule has 12 heteroatoms. The van der Waals surface area contributed by atoms with E-state index in [0.717, 1.165) is 10.2 Å². The quantitative estimate of drug-likeness (QED) is 0.609. The van der Waals surface area contributed by atoms with Gasteiger partial charge in [-0.2, -0.15) is 4.99 Å². The van der Waals surface area contributed by atoms with Crippen LogP contribution in [0.3, 0.4) is 0 Å². The van der Waals surface area contributed by atoms with Crippen LogP contribution >= 0.6 is 34.3 Å². The highest BCUT2D eigenvalue weighted by Gasteiger charge is 2.21. The number of anilines is 1. The Morgan fingerprint density at radius 1 is 1.32 bits per heavy atom. The SMILES string of the molecule is CCn1c(=NC(=O)CS(=O)(=O)CC(=O)Nc2nccs2)sc2cc(Cl)ccc21. The lowest BCUT2D eigenvalue weighted by molar-refractivity contribution is -0.115. The van der Waals surface area contributed by atoms with Crippen molar-refractivity contribution in [3.05, 3.63) is 39.6 Å². The Labute approximate surface area is 173 Å². The molecule has 0 aliphatic rings. The van der Waals surface area contributed by atoms with Gasteiger partial charge in [0.15, 0.2) is 19.8 Å². The first-order valence-corrected chi connectivity index (χ1v) is 11.9. The van der Waals surface area contributed by atoms with Gasteiger partial charge < -0.3 is 9.88 Å². The Morgan fingerprint density at radius 2 is 2.11 bits per heavy atom. The first kappa shape index (κ1) is 20.6. The number of thiazole rings is 2. The lowest BCUT2D eigenvalue weighted by Gasteiger charge is -2.02. The van der Waals surface area contributed by atoms with Crippen LogP contribution in [0.2, 0.25) is 5.02 Å². The largest absolute Gasteiger partial charge is 0.317 e. The van der Waals surface area contributed by atoms with Crippen LogP contribution < -0.4 is 10.1 Å². The van der Waals surface area contributed by atoms with E-state index in [4.69, 9.17) is 11.6 Å². The molecule has 0 bridgehead atoms. The standard InChI is InChI=1S/C16H15ClN4O4S3/c1-2-21-11-4-3-10(17)7-12(11)27-16(21)20-14(23)9-28(24,25)8-13(22)19-15-18-5-6-26-15/h3-7H,2,8-9H2,1H3,(H,18,19,22). The van der Waals surface area contributed by atoms with E-state index in [1.165, 1.54) is 28.9 Å². The van der Waals surface area contributed by atoms with Gasteiger partial charge in [-0.05, 0) is 25.1 Å². The maximum Gasteiger partial charge on any atom is 0.263 e. The van der Waals surface area contributed by atoms with Crippen molar-refractivity contribution in [1.82, 2.24) is 9.55 Å². The normalized spacial score (nSPS) is 12.4. The molecule has 2 amide bonds. The molecule has 0 fully saturated rings. The number of nitrogens with zero attached hydrogens (tertiary/aromatic N) is 3. The number of sulfone groups is 1. The van der Waals surface area contributed by atoms with Gasteiger partial charge in [0.25, 0.3) is 5.91 Å². The summed E-state index contributed by atoms with van der Waals surface area (Å²) in [6.45, 7) is 2.45. The number of carbonyl (C=O) groups excluding carboxylic acids is 2. The fourth-order valence-corrected chi connectivity index (χ4v) is 5.40. The molecule has 0 saturated carbocycles. The summed E-state index contributed by atoms with van der Waals surface area (Å²) in [7, 11) is -3.96. The minimum atomic E-state index is -3.96. The fourth-order valence-electron chi connectivity index (χ4n) is 2.46. The number of amides is 2. The summed E-state index contributed by atoms with van der Waals surface area (Å²) in [6, 6.07) is 5.32. The molecule has 8 nitrogen and oxygen atoms in total. The van der Waals surface area contributed by atoms with Crippen LogP contribution in [-0.2, 0) is 26.0 Å². The average Bonchev–Trinajstić information content (AvgIpc) is 3.19. The van der Waals surface area contributed by atoms with Gasteiger partial charge in [-0.25, -0.2) is 13.4 Å². The van der Waals surface area contributed by atoms with E-state index in [0.29, 0.717) is 21.5 Å². The molecule has 0 unspecified atom stereocenters. The molecule has 1 aromatic carbocycles. The third-order valence-corrected chi connectivity index (χ3v) is 6.91. The summed E-state index contributed by atoms with van der Waals surface area (Å²) in [5, 5.41) is 4.88. The summed E-state index contributed by atoms with van der Waals surface area (Å²) in [6.07, 6.45) is 1.48. The van der Waals surface area contributed by atoms with Gasteiger partial charge >= 0.3 is 0 Å². The second kappa shape index (κ2) is 8.52. The highest BCUT2D eigenvalue weighted by Crippen LogP contribution is 2.21. The molecule has 0 spiro atoms. The molecule has 2 heterocycles. The summed E-state index contributed by atoms with van der Waals surface area (Å²) >= 11 is 8.40. The molecule has 0 aliphatic heterocycles. The first-order chi connectivity index (χ1) is 13.3. The minimum Gasteiger partial charge on any atom is -0.317 e. The number of aryl methyl sites for hydroxylation is 1. The zero-order valence-corrected chi connectivity index (χ0v) is 17.8. The molecule has 0 atom stereocenters. The van der Waals surface area contributed by atoms with E-state index in [2.05, 4.69) is 15.3 Å². The van der Waals surface area contributed by atoms with Crippen molar-refractivity contribution in [2.24, 2.45) is 4.99 Å². The number of aromatic nitrogens is 2. The maximum absolute atomic E-state index is 12.2. The molecule has 3 aromatic rings. The van der Waals surface area contributed by atoms with Crippen molar-refractivity contribution in [3.63, 3.8) is 0 Å². The topological polar surface area (TPSA) is 110 Å². The minimum absolute atomic E-state index is 0.295. The molecule has 28 heavy (non-hydrogen) atoms. The average molecular weight is 459 g/mol. The van der Waals surface area contributed by atoms with E-state index < -0.39 is 33.2 Å². The summed E-state index contributed by atoms with van der Waals surface area (Å²) in [4.78, 5) is 32.2. The first-order valence-electron chi connectivity index (χ1n) is 8.03. The predicted molar refractivity (Wildman–Crippen MR) is 110 cm³/mol. The molecular weight excluding hydrogens is 444 g/mol. The van der Waals surface area contributed by atoms with Crippen molar-refractivity contribution in [2.75, 3.05) is 16.8 Å². The zero-order valence-electron chi connectivity index (χ0n) is 14.6. The van der Waals surface area contributed by atoms with E-state index >= 15 is 0 Å². The van der Waals surface area contributed by atoms with Gasteiger partial charge in [-0.15, -0.1) is 11.3 Å². The molecule has 0 aliphatic carbocycles. The number of rotatable bonds is 6. The van der Waals surface area contributed by atoms with E-state index in [1.54, 1.807) is 22.1 Å². The lowest BCUT2D eigenvalue weighted by atomic mass is 10.3. The van der Waals surface area contributed by atoms with Crippen LogP contribution in [0.5, 0.6) is 0 Å². The highest BCUT2D eigenvalue weighted by molar-refractivity contribution is 7.92. The molecule has 2 aromatic heterocycles. The van der Waals surface area contributed by atoms with Crippen molar-refractivity contribution < 1.29 is 18.0 Å². The monoisotopic (exact) mass is 458 g/mol. The van der Waals surface area contributed by atoms with Crippen LogP contribution in [0.25, 0.3) is 10.2 Å². The van der Waals surface area contributed by atoms with Gasteiger partial charge in [-0.1, -0.05) is 22.9 Å². The Balaban J connectivity index is 1.77. The van der Waals surface area contributed by atoms with Crippen LogP contribution in [0.1, 0.15) is 6.92 Å². The van der Waals surface area contributed by atoms with E-state index in [-0.39, 0.29) is 0 Å². The number of hydrogen-bond donors (Lipinski definition) is 1. The van der Waals surface area contributed by atoms with Crippen LogP contribution in [-0.4, -0.2) is 41.3 Å². The highest BCUT2D eigenvalue weighted by atomic mass is 35.5.